The molecule has 6 heteroatoms. The van der Waals surface area contributed by atoms with Crippen molar-refractivity contribution in [3.63, 3.8) is 0 Å². The highest BCUT2D eigenvalue weighted by Gasteiger charge is 2.21. The van der Waals surface area contributed by atoms with Crippen molar-refractivity contribution in [2.24, 2.45) is 0 Å². The average molecular weight is 341 g/mol. The van der Waals surface area contributed by atoms with Crippen LogP contribution >= 0.6 is 0 Å². The Morgan fingerprint density at radius 2 is 1.58 bits per heavy atom. The lowest BCUT2D eigenvalue weighted by molar-refractivity contribution is -0.142. The molecular formula is C18H31NO5. The third kappa shape index (κ3) is 11.7. The number of hydrogen-bond acceptors (Lipinski definition) is 3. The van der Waals surface area contributed by atoms with E-state index < -0.39 is 23.9 Å². The predicted molar refractivity (Wildman–Crippen MR) is 92.8 cm³/mol. The number of carbonyl (C=O) groups excluding carboxylic acids is 1. The van der Waals surface area contributed by atoms with E-state index in [1.165, 1.54) is 32.1 Å². The third-order valence-electron chi connectivity index (χ3n) is 3.87. The fourth-order valence-corrected chi connectivity index (χ4v) is 2.31. The molecule has 0 heterocycles. The number of unbranched alkanes of at least 4 members (excludes halogenated alkanes) is 7. The maximum absolute atomic E-state index is 12.0. The van der Waals surface area contributed by atoms with Crippen LogP contribution in [0.3, 0.4) is 0 Å². The molecule has 3 N–H and O–H groups in total. The van der Waals surface area contributed by atoms with Crippen LogP contribution < -0.4 is 5.32 Å². The largest absolute Gasteiger partial charge is 0.481 e. The number of carboxylic acids is 2. The summed E-state index contributed by atoms with van der Waals surface area (Å²) in [6.07, 6.45) is 10.6. The first-order valence-electron chi connectivity index (χ1n) is 8.80. The topological polar surface area (TPSA) is 104 Å². The number of nitrogens with one attached hydrogen (secondary N) is 1. The lowest BCUT2D eigenvalue weighted by Gasteiger charge is -2.13. The minimum atomic E-state index is -1.22. The molecule has 0 rings (SSSR count). The second-order valence-corrected chi connectivity index (χ2v) is 6.09. The number of rotatable bonds is 14. The first-order valence-corrected chi connectivity index (χ1v) is 8.80. The Labute approximate surface area is 144 Å². The van der Waals surface area contributed by atoms with Gasteiger partial charge < -0.3 is 15.5 Å². The van der Waals surface area contributed by atoms with Gasteiger partial charge >= 0.3 is 11.9 Å². The van der Waals surface area contributed by atoms with E-state index in [0.29, 0.717) is 5.57 Å². The highest BCUT2D eigenvalue weighted by Crippen LogP contribution is 2.10. The van der Waals surface area contributed by atoms with Crippen molar-refractivity contribution < 1.29 is 24.6 Å². The van der Waals surface area contributed by atoms with Crippen LogP contribution in [-0.2, 0) is 14.4 Å². The zero-order valence-electron chi connectivity index (χ0n) is 14.8. The Balaban J connectivity index is 4.09. The molecule has 0 aromatic heterocycles. The van der Waals surface area contributed by atoms with E-state index in [1.807, 2.05) is 6.08 Å². The molecule has 1 atom stereocenters. The predicted octanol–water partition coefficient (Wildman–Crippen LogP) is 3.51. The Morgan fingerprint density at radius 1 is 1.00 bits per heavy atom. The van der Waals surface area contributed by atoms with Crippen molar-refractivity contribution in [2.45, 2.75) is 84.1 Å². The molecule has 0 aromatic rings. The summed E-state index contributed by atoms with van der Waals surface area (Å²) < 4.78 is 0. The van der Waals surface area contributed by atoms with Crippen LogP contribution in [0.25, 0.3) is 0 Å². The zero-order chi connectivity index (χ0) is 18.4. The van der Waals surface area contributed by atoms with Crippen molar-refractivity contribution in [1.82, 2.24) is 5.32 Å². The summed E-state index contributed by atoms with van der Waals surface area (Å²) in [6, 6.07) is -1.17. The van der Waals surface area contributed by atoms with Crippen LogP contribution in [0.5, 0.6) is 0 Å². The molecule has 0 aliphatic heterocycles. The number of allylic oxidation sites excluding steroid dienone is 1. The van der Waals surface area contributed by atoms with Crippen molar-refractivity contribution in [2.75, 3.05) is 0 Å². The van der Waals surface area contributed by atoms with Crippen LogP contribution in [0, 0.1) is 0 Å². The molecule has 1 amide bonds. The molecule has 0 bridgehead atoms. The standard InChI is InChI=1S/C18H31NO5/c1-3-4-5-6-7-8-9-10-11-14(2)17(22)19-15(18(23)24)12-13-16(20)21/h11,15H,3-10,12-13H2,1-2H3,(H,19,22)(H,20,21)(H,23,24)/t15-/m0/s1. The zero-order valence-corrected chi connectivity index (χ0v) is 14.8. The maximum atomic E-state index is 12.0. The van der Waals surface area contributed by atoms with Gasteiger partial charge in [-0.25, -0.2) is 4.79 Å². The molecular weight excluding hydrogens is 310 g/mol. The van der Waals surface area contributed by atoms with E-state index in [4.69, 9.17) is 10.2 Å². The Kier molecular flexibility index (Phi) is 12.5. The van der Waals surface area contributed by atoms with Gasteiger partial charge in [-0.1, -0.05) is 51.5 Å². The Morgan fingerprint density at radius 3 is 2.12 bits per heavy atom. The number of aliphatic carboxylic acids is 2. The molecule has 0 aromatic carbocycles. The molecule has 138 valence electrons. The van der Waals surface area contributed by atoms with Gasteiger partial charge in [-0.05, 0) is 26.2 Å². The van der Waals surface area contributed by atoms with Crippen LogP contribution in [0.4, 0.5) is 0 Å². The summed E-state index contributed by atoms with van der Waals surface area (Å²) >= 11 is 0. The van der Waals surface area contributed by atoms with Crippen molar-refractivity contribution in [1.29, 1.82) is 0 Å². The van der Waals surface area contributed by atoms with Gasteiger partial charge in [0, 0.05) is 12.0 Å². The highest BCUT2D eigenvalue weighted by atomic mass is 16.4. The van der Waals surface area contributed by atoms with E-state index in [0.717, 1.165) is 19.3 Å². The van der Waals surface area contributed by atoms with E-state index in [1.54, 1.807) is 6.92 Å². The van der Waals surface area contributed by atoms with Crippen LogP contribution in [0.1, 0.15) is 78.1 Å². The minimum absolute atomic E-state index is 0.124. The molecule has 0 radical (unpaired) electrons. The van der Waals surface area contributed by atoms with Gasteiger partial charge in [0.2, 0.25) is 5.91 Å². The van der Waals surface area contributed by atoms with Crippen LogP contribution in [0.15, 0.2) is 11.6 Å². The van der Waals surface area contributed by atoms with Gasteiger partial charge in [0.25, 0.3) is 0 Å². The van der Waals surface area contributed by atoms with Crippen molar-refractivity contribution >= 4 is 17.8 Å². The minimum Gasteiger partial charge on any atom is -0.481 e. The number of carbonyl (C=O) groups is 3. The van der Waals surface area contributed by atoms with Gasteiger partial charge in [-0.15, -0.1) is 0 Å². The molecule has 0 saturated heterocycles. The number of amides is 1. The van der Waals surface area contributed by atoms with Crippen molar-refractivity contribution in [3.05, 3.63) is 11.6 Å². The van der Waals surface area contributed by atoms with Gasteiger partial charge in [0.15, 0.2) is 0 Å². The van der Waals surface area contributed by atoms with Gasteiger partial charge in [-0.3, -0.25) is 9.59 Å². The maximum Gasteiger partial charge on any atom is 0.326 e. The van der Waals surface area contributed by atoms with Crippen molar-refractivity contribution in [3.8, 4) is 0 Å². The molecule has 0 fully saturated rings. The van der Waals surface area contributed by atoms with Gasteiger partial charge in [0.05, 0.1) is 0 Å². The SMILES string of the molecule is CCCCCCCCCC=C(C)C(=O)N[C@@H](CCC(=O)O)C(=O)O. The third-order valence-corrected chi connectivity index (χ3v) is 3.87. The second-order valence-electron chi connectivity index (χ2n) is 6.09. The monoisotopic (exact) mass is 341 g/mol. The summed E-state index contributed by atoms with van der Waals surface area (Å²) in [5.74, 6) is -2.75. The first kappa shape index (κ1) is 22.1. The average Bonchev–Trinajstić information content (AvgIpc) is 2.52. The lowest BCUT2D eigenvalue weighted by Crippen LogP contribution is -2.41. The normalized spacial score (nSPS) is 12.7. The fourth-order valence-electron chi connectivity index (χ4n) is 2.31. The molecule has 0 spiro atoms. The quantitative estimate of drug-likeness (QED) is 0.331. The molecule has 0 saturated carbocycles. The Hall–Kier alpha value is -1.85. The fraction of sp³-hybridized carbons (Fsp3) is 0.722. The lowest BCUT2D eigenvalue weighted by atomic mass is 10.1. The summed E-state index contributed by atoms with van der Waals surface area (Å²) in [5, 5.41) is 20.0. The first-order chi connectivity index (χ1) is 11.4. The second kappa shape index (κ2) is 13.6. The van der Waals surface area contributed by atoms with E-state index >= 15 is 0 Å². The van der Waals surface area contributed by atoms with Gasteiger partial charge in [-0.2, -0.15) is 0 Å². The van der Waals surface area contributed by atoms with Crippen LogP contribution in [0.2, 0.25) is 0 Å². The summed E-state index contributed by atoms with van der Waals surface area (Å²) in [4.78, 5) is 33.5. The van der Waals surface area contributed by atoms with Crippen LogP contribution in [-0.4, -0.2) is 34.1 Å². The molecule has 0 unspecified atom stereocenters. The highest BCUT2D eigenvalue weighted by molar-refractivity contribution is 5.95. The molecule has 24 heavy (non-hydrogen) atoms. The smallest absolute Gasteiger partial charge is 0.326 e. The number of carboxylic acid groups (broad SMARTS) is 2. The molecule has 0 aliphatic rings. The molecule has 0 aliphatic carbocycles. The molecule has 6 nitrogen and oxygen atoms in total. The van der Waals surface area contributed by atoms with E-state index in [9.17, 15) is 14.4 Å². The number of hydrogen-bond donors (Lipinski definition) is 3. The van der Waals surface area contributed by atoms with E-state index in [2.05, 4.69) is 12.2 Å². The summed E-state index contributed by atoms with van der Waals surface area (Å²) in [6.45, 7) is 3.84. The van der Waals surface area contributed by atoms with Gasteiger partial charge in [0.1, 0.15) is 6.04 Å². The summed E-state index contributed by atoms with van der Waals surface area (Å²) in [5.41, 5.74) is 0.475. The van der Waals surface area contributed by atoms with E-state index in [-0.39, 0.29) is 12.8 Å². The Bertz CT molecular complexity index is 431. The summed E-state index contributed by atoms with van der Waals surface area (Å²) in [7, 11) is 0.